The van der Waals surface area contributed by atoms with E-state index >= 15 is 0 Å². The average Bonchev–Trinajstić information content (AvgIpc) is 2.59. The van der Waals surface area contributed by atoms with Crippen molar-refractivity contribution in [3.05, 3.63) is 35.9 Å². The van der Waals surface area contributed by atoms with Crippen molar-refractivity contribution in [1.82, 2.24) is 10.3 Å². The van der Waals surface area contributed by atoms with Crippen LogP contribution in [-0.4, -0.2) is 29.6 Å². The second-order valence-electron chi connectivity index (χ2n) is 6.29. The third-order valence-electron chi connectivity index (χ3n) is 4.28. The summed E-state index contributed by atoms with van der Waals surface area (Å²) in [5.74, 6) is 0.0559. The van der Waals surface area contributed by atoms with Crippen molar-refractivity contribution in [2.45, 2.75) is 58.4 Å². The zero-order chi connectivity index (χ0) is 16.3. The molecule has 126 valence electrons. The lowest BCUT2D eigenvalue weighted by Crippen LogP contribution is -2.34. The van der Waals surface area contributed by atoms with Crippen molar-refractivity contribution in [3.8, 4) is 0 Å². The molecular formula is C19H29N3O. The van der Waals surface area contributed by atoms with Crippen LogP contribution >= 0.6 is 0 Å². The maximum Gasteiger partial charge on any atom is 0.240 e. The Kier molecular flexibility index (Phi) is 7.81. The molecule has 23 heavy (non-hydrogen) atoms. The first kappa shape index (κ1) is 17.7. The van der Waals surface area contributed by atoms with Gasteiger partial charge in [0.2, 0.25) is 5.91 Å². The Balaban J connectivity index is 1.64. The molecule has 0 aromatic heterocycles. The van der Waals surface area contributed by atoms with Gasteiger partial charge in [0.05, 0.1) is 0 Å². The molecule has 0 bridgehead atoms. The molecule has 0 aliphatic carbocycles. The Morgan fingerprint density at radius 2 is 1.87 bits per heavy atom. The summed E-state index contributed by atoms with van der Waals surface area (Å²) in [6, 6.07) is 10.6. The Morgan fingerprint density at radius 3 is 2.57 bits per heavy atom. The number of hydrazone groups is 1. The summed E-state index contributed by atoms with van der Waals surface area (Å²) in [6.07, 6.45) is 7.00. The number of carbonyl (C=O) groups is 1. The molecule has 1 aliphatic rings. The van der Waals surface area contributed by atoms with Crippen LogP contribution < -0.4 is 5.43 Å². The SMILES string of the molecule is CCCCCCC(=O)NN=C1CCN(Cc2ccccc2)CC1. The second-order valence-corrected chi connectivity index (χ2v) is 6.29. The Hall–Kier alpha value is -1.68. The molecule has 0 unspecified atom stereocenters. The lowest BCUT2D eigenvalue weighted by molar-refractivity contribution is -0.121. The summed E-state index contributed by atoms with van der Waals surface area (Å²) in [5, 5.41) is 4.31. The molecule has 4 nitrogen and oxygen atoms in total. The number of amides is 1. The van der Waals surface area contributed by atoms with Crippen LogP contribution in [0.4, 0.5) is 0 Å². The van der Waals surface area contributed by atoms with Gasteiger partial charge in [-0.1, -0.05) is 56.5 Å². The van der Waals surface area contributed by atoms with E-state index in [0.717, 1.165) is 51.0 Å². The van der Waals surface area contributed by atoms with E-state index in [9.17, 15) is 4.79 Å². The topological polar surface area (TPSA) is 44.7 Å². The fraction of sp³-hybridized carbons (Fsp3) is 0.579. The molecule has 1 aromatic rings. The van der Waals surface area contributed by atoms with E-state index in [4.69, 9.17) is 0 Å². The van der Waals surface area contributed by atoms with Crippen molar-refractivity contribution in [2.24, 2.45) is 5.10 Å². The Bertz CT molecular complexity index is 489. The molecule has 1 fully saturated rings. The molecule has 0 spiro atoms. The zero-order valence-corrected chi connectivity index (χ0v) is 14.3. The molecule has 4 heteroatoms. The zero-order valence-electron chi connectivity index (χ0n) is 14.3. The fourth-order valence-electron chi connectivity index (χ4n) is 2.83. The monoisotopic (exact) mass is 315 g/mol. The van der Waals surface area contributed by atoms with E-state index in [1.807, 2.05) is 0 Å². The molecule has 0 atom stereocenters. The summed E-state index contributed by atoms with van der Waals surface area (Å²) in [4.78, 5) is 14.2. The number of piperidine rings is 1. The van der Waals surface area contributed by atoms with Gasteiger partial charge in [0.25, 0.3) is 0 Å². The van der Waals surface area contributed by atoms with Crippen LogP contribution in [0.5, 0.6) is 0 Å². The van der Waals surface area contributed by atoms with E-state index in [-0.39, 0.29) is 5.91 Å². The van der Waals surface area contributed by atoms with Crippen LogP contribution in [0.1, 0.15) is 57.4 Å². The first-order valence-corrected chi connectivity index (χ1v) is 8.88. The maximum absolute atomic E-state index is 11.7. The molecule has 1 aromatic carbocycles. The Morgan fingerprint density at radius 1 is 1.13 bits per heavy atom. The molecule has 1 amide bonds. The number of carbonyl (C=O) groups excluding carboxylic acids is 1. The first-order chi connectivity index (χ1) is 11.3. The predicted octanol–water partition coefficient (Wildman–Crippen LogP) is 3.73. The summed E-state index contributed by atoms with van der Waals surface area (Å²) >= 11 is 0. The number of hydrogen-bond acceptors (Lipinski definition) is 3. The summed E-state index contributed by atoms with van der Waals surface area (Å²) in [6.45, 7) is 5.20. The van der Waals surface area contributed by atoms with Gasteiger partial charge in [-0.3, -0.25) is 9.69 Å². The molecule has 1 heterocycles. The van der Waals surface area contributed by atoms with Gasteiger partial charge in [0, 0.05) is 44.6 Å². The summed E-state index contributed by atoms with van der Waals surface area (Å²) in [5.41, 5.74) is 5.20. The van der Waals surface area contributed by atoms with Crippen LogP contribution in [0, 0.1) is 0 Å². The van der Waals surface area contributed by atoms with Crippen LogP contribution in [0.3, 0.4) is 0 Å². The lowest BCUT2D eigenvalue weighted by atomic mass is 10.1. The highest BCUT2D eigenvalue weighted by Gasteiger charge is 2.15. The standard InChI is InChI=1S/C19H29N3O/c1-2-3-4-8-11-19(23)21-20-18-12-14-22(15-13-18)16-17-9-6-5-7-10-17/h5-7,9-10H,2-4,8,11-16H2,1H3,(H,21,23). The largest absolute Gasteiger partial charge is 0.298 e. The van der Waals surface area contributed by atoms with Crippen molar-refractivity contribution >= 4 is 11.6 Å². The van der Waals surface area contributed by atoms with Crippen molar-refractivity contribution in [3.63, 3.8) is 0 Å². The average molecular weight is 315 g/mol. The van der Waals surface area contributed by atoms with Gasteiger partial charge >= 0.3 is 0 Å². The van der Waals surface area contributed by atoms with Gasteiger partial charge in [-0.25, -0.2) is 5.43 Å². The highest BCUT2D eigenvalue weighted by Crippen LogP contribution is 2.11. The number of nitrogens with zero attached hydrogens (tertiary/aromatic N) is 2. The van der Waals surface area contributed by atoms with E-state index in [1.54, 1.807) is 0 Å². The number of rotatable bonds is 8. The van der Waals surface area contributed by atoms with E-state index in [2.05, 4.69) is 52.7 Å². The lowest BCUT2D eigenvalue weighted by Gasteiger charge is -2.27. The molecule has 1 saturated heterocycles. The molecule has 1 N–H and O–H groups in total. The number of benzene rings is 1. The first-order valence-electron chi connectivity index (χ1n) is 8.88. The van der Waals surface area contributed by atoms with Gasteiger partial charge in [0.1, 0.15) is 0 Å². The molecule has 0 radical (unpaired) electrons. The number of unbranched alkanes of at least 4 members (excludes halogenated alkanes) is 3. The van der Waals surface area contributed by atoms with E-state index in [0.29, 0.717) is 6.42 Å². The van der Waals surface area contributed by atoms with E-state index < -0.39 is 0 Å². The smallest absolute Gasteiger partial charge is 0.240 e. The Labute approximate surface area is 140 Å². The van der Waals surface area contributed by atoms with Crippen LogP contribution in [-0.2, 0) is 11.3 Å². The van der Waals surface area contributed by atoms with Crippen molar-refractivity contribution in [2.75, 3.05) is 13.1 Å². The van der Waals surface area contributed by atoms with Crippen LogP contribution in [0.2, 0.25) is 0 Å². The summed E-state index contributed by atoms with van der Waals surface area (Å²) < 4.78 is 0. The second kappa shape index (κ2) is 10.2. The number of hydrogen-bond donors (Lipinski definition) is 1. The molecule has 2 rings (SSSR count). The molecular weight excluding hydrogens is 286 g/mol. The summed E-state index contributed by atoms with van der Waals surface area (Å²) in [7, 11) is 0. The van der Waals surface area contributed by atoms with Crippen LogP contribution in [0.25, 0.3) is 0 Å². The normalized spacial score (nSPS) is 15.4. The van der Waals surface area contributed by atoms with Gasteiger partial charge in [0.15, 0.2) is 0 Å². The van der Waals surface area contributed by atoms with Gasteiger partial charge in [-0.15, -0.1) is 0 Å². The number of likely N-dealkylation sites (tertiary alicyclic amines) is 1. The third kappa shape index (κ3) is 6.95. The highest BCUT2D eigenvalue weighted by molar-refractivity contribution is 5.87. The minimum atomic E-state index is 0.0559. The minimum Gasteiger partial charge on any atom is -0.298 e. The van der Waals surface area contributed by atoms with Crippen LogP contribution in [0.15, 0.2) is 35.4 Å². The van der Waals surface area contributed by atoms with Crippen molar-refractivity contribution in [1.29, 1.82) is 0 Å². The van der Waals surface area contributed by atoms with Gasteiger partial charge in [-0.05, 0) is 12.0 Å². The van der Waals surface area contributed by atoms with Gasteiger partial charge < -0.3 is 0 Å². The third-order valence-corrected chi connectivity index (χ3v) is 4.28. The molecule has 0 saturated carbocycles. The van der Waals surface area contributed by atoms with Crippen molar-refractivity contribution < 1.29 is 4.79 Å². The quantitative estimate of drug-likeness (QED) is 0.587. The number of nitrogens with one attached hydrogen (secondary N) is 1. The van der Waals surface area contributed by atoms with E-state index in [1.165, 1.54) is 18.4 Å². The van der Waals surface area contributed by atoms with Gasteiger partial charge in [-0.2, -0.15) is 5.10 Å². The predicted molar refractivity (Wildman–Crippen MR) is 95.3 cm³/mol. The fourth-order valence-corrected chi connectivity index (χ4v) is 2.83. The molecule has 1 aliphatic heterocycles. The highest BCUT2D eigenvalue weighted by atomic mass is 16.2. The maximum atomic E-state index is 11.7. The minimum absolute atomic E-state index is 0.0559.